The number of oxime groups is 1. The molecule has 4 rings (SSSR count). The van der Waals surface area contributed by atoms with Gasteiger partial charge in [0.15, 0.2) is 0 Å². The van der Waals surface area contributed by atoms with E-state index < -0.39 is 42.4 Å². The second kappa shape index (κ2) is 8.46. The van der Waals surface area contributed by atoms with Gasteiger partial charge in [-0.05, 0) is 17.9 Å². The molecule has 1 fully saturated rings. The predicted octanol–water partition coefficient (Wildman–Crippen LogP) is 2.62. The maximum absolute atomic E-state index is 13.5. The molecule has 4 atom stereocenters. The van der Waals surface area contributed by atoms with Crippen LogP contribution in [0.25, 0.3) is 10.8 Å². The summed E-state index contributed by atoms with van der Waals surface area (Å²) in [5.74, 6) is -3.57. The van der Waals surface area contributed by atoms with Gasteiger partial charge in [0.2, 0.25) is 11.4 Å². The molecular weight excluding hydrogens is 417 g/mol. The third-order valence-electron chi connectivity index (χ3n) is 6.45. The van der Waals surface area contributed by atoms with Crippen LogP contribution in [0.15, 0.2) is 41.7 Å². The quantitative estimate of drug-likeness (QED) is 0.637. The number of benzene rings is 1. The van der Waals surface area contributed by atoms with E-state index in [1.165, 1.54) is 0 Å². The molecular formula is C23H26FN3O5. The van der Waals surface area contributed by atoms with Gasteiger partial charge in [-0.25, -0.2) is 0 Å². The van der Waals surface area contributed by atoms with E-state index in [2.05, 4.69) is 15.5 Å². The highest BCUT2D eigenvalue weighted by molar-refractivity contribution is 6.11. The van der Waals surface area contributed by atoms with Gasteiger partial charge in [0.25, 0.3) is 5.91 Å². The van der Waals surface area contributed by atoms with Crippen molar-refractivity contribution in [2.24, 2.45) is 11.1 Å². The van der Waals surface area contributed by atoms with E-state index in [4.69, 9.17) is 9.57 Å². The summed E-state index contributed by atoms with van der Waals surface area (Å²) in [5, 5.41) is 19.4. The maximum atomic E-state index is 13.5. The number of hydrogen-bond donors (Lipinski definition) is 2. The Labute approximate surface area is 184 Å². The molecule has 32 heavy (non-hydrogen) atoms. The van der Waals surface area contributed by atoms with Gasteiger partial charge in [-0.1, -0.05) is 43.3 Å². The zero-order chi connectivity index (χ0) is 22.9. The first-order chi connectivity index (χ1) is 15.3. The monoisotopic (exact) mass is 443 g/mol. The van der Waals surface area contributed by atoms with Crippen LogP contribution in [0.4, 0.5) is 4.39 Å². The van der Waals surface area contributed by atoms with Gasteiger partial charge >= 0.3 is 5.97 Å². The molecule has 0 spiro atoms. The molecule has 9 heteroatoms. The molecule has 1 unspecified atom stereocenters. The summed E-state index contributed by atoms with van der Waals surface area (Å²) in [4.78, 5) is 35.5. The molecule has 0 aliphatic carbocycles. The zero-order valence-corrected chi connectivity index (χ0v) is 18.0. The van der Waals surface area contributed by atoms with Gasteiger partial charge in [0, 0.05) is 30.3 Å². The number of nitrogens with one attached hydrogen (secondary N) is 1. The van der Waals surface area contributed by atoms with Crippen molar-refractivity contribution < 1.29 is 28.7 Å². The third-order valence-corrected chi connectivity index (χ3v) is 6.45. The van der Waals surface area contributed by atoms with Crippen LogP contribution >= 0.6 is 0 Å². The molecule has 2 aliphatic rings. The Morgan fingerprint density at radius 3 is 2.91 bits per heavy atom. The van der Waals surface area contributed by atoms with Gasteiger partial charge in [0.1, 0.15) is 11.8 Å². The van der Waals surface area contributed by atoms with Crippen LogP contribution in [0.5, 0.6) is 0 Å². The summed E-state index contributed by atoms with van der Waals surface area (Å²) in [5.41, 5.74) is -0.185. The Kier molecular flexibility index (Phi) is 5.85. The molecule has 2 N–H and O–H groups in total. The number of hydrogen-bond acceptors (Lipinski definition) is 7. The van der Waals surface area contributed by atoms with Gasteiger partial charge in [0.05, 0.1) is 18.8 Å². The summed E-state index contributed by atoms with van der Waals surface area (Å²) in [7, 11) is 0. The van der Waals surface area contributed by atoms with Crippen LogP contribution in [0.3, 0.4) is 0 Å². The van der Waals surface area contributed by atoms with Crippen molar-refractivity contribution in [2.75, 3.05) is 6.67 Å². The number of ether oxygens (including phenoxy) is 1. The molecule has 0 bridgehead atoms. The highest BCUT2D eigenvalue weighted by Gasteiger charge is 2.55. The first-order valence-corrected chi connectivity index (χ1v) is 10.7. The number of alkyl halides is 1. The number of halogens is 1. The molecule has 0 saturated carbocycles. The Balaban J connectivity index is 1.62. The molecule has 2 aliphatic heterocycles. The van der Waals surface area contributed by atoms with Crippen LogP contribution in [0.1, 0.15) is 45.2 Å². The Hall–Kier alpha value is -3.07. The second-order valence-electron chi connectivity index (χ2n) is 8.37. The van der Waals surface area contributed by atoms with Crippen molar-refractivity contribution in [1.29, 1.82) is 0 Å². The maximum Gasteiger partial charge on any atom is 0.310 e. The lowest BCUT2D eigenvalue weighted by molar-refractivity contribution is -0.200. The van der Waals surface area contributed by atoms with Crippen molar-refractivity contribution in [3.05, 3.63) is 42.2 Å². The minimum Gasteiger partial charge on any atom is -0.431 e. The minimum absolute atomic E-state index is 0.165. The van der Waals surface area contributed by atoms with Gasteiger partial charge < -0.3 is 20.0 Å². The average molecular weight is 443 g/mol. The standard InChI is InChI=1S/C23H26FN3O5/c1-3-14(2)22(21(29)26-18-12-19(28)31-23(18,30)9-10-24)13-17(27-32-22)20-16-7-5-4-6-15(16)8-11-25-20/h4-8,11,14,18,30H,3,9-10,12-13H2,1-2H3,(H,26,29)/t14?,18-,22-,23+/m1/s1. The lowest BCUT2D eigenvalue weighted by atomic mass is 9.81. The van der Waals surface area contributed by atoms with Crippen LogP contribution in [-0.4, -0.2) is 51.8 Å². The van der Waals surface area contributed by atoms with Crippen molar-refractivity contribution in [3.63, 3.8) is 0 Å². The number of carbonyl (C=O) groups excluding carboxylic acids is 2. The number of rotatable bonds is 7. The highest BCUT2D eigenvalue weighted by Crippen LogP contribution is 2.38. The molecule has 1 aromatic heterocycles. The summed E-state index contributed by atoms with van der Waals surface area (Å²) in [6.45, 7) is 2.90. The average Bonchev–Trinajstić information content (AvgIpc) is 3.35. The summed E-state index contributed by atoms with van der Waals surface area (Å²) in [6, 6.07) is 8.55. The summed E-state index contributed by atoms with van der Waals surface area (Å²) < 4.78 is 17.8. The Morgan fingerprint density at radius 1 is 1.38 bits per heavy atom. The number of pyridine rings is 1. The number of esters is 1. The molecule has 0 radical (unpaired) electrons. The topological polar surface area (TPSA) is 110 Å². The van der Waals surface area contributed by atoms with E-state index in [1.807, 2.05) is 44.2 Å². The lowest BCUT2D eigenvalue weighted by Gasteiger charge is -2.34. The van der Waals surface area contributed by atoms with Crippen molar-refractivity contribution in [2.45, 2.75) is 57.0 Å². The van der Waals surface area contributed by atoms with Gasteiger partial charge in [-0.3, -0.25) is 19.0 Å². The lowest BCUT2D eigenvalue weighted by Crippen LogP contribution is -2.58. The van der Waals surface area contributed by atoms with E-state index in [0.717, 1.165) is 10.8 Å². The number of carbonyl (C=O) groups is 2. The number of fused-ring (bicyclic) bond motifs is 1. The smallest absolute Gasteiger partial charge is 0.310 e. The van der Waals surface area contributed by atoms with E-state index in [0.29, 0.717) is 17.8 Å². The fourth-order valence-electron chi connectivity index (χ4n) is 4.31. The van der Waals surface area contributed by atoms with E-state index in [1.54, 1.807) is 6.20 Å². The van der Waals surface area contributed by atoms with E-state index in [9.17, 15) is 19.1 Å². The second-order valence-corrected chi connectivity index (χ2v) is 8.37. The highest BCUT2D eigenvalue weighted by atomic mass is 19.1. The van der Waals surface area contributed by atoms with Crippen LogP contribution < -0.4 is 5.32 Å². The molecule has 1 aromatic carbocycles. The number of aromatic nitrogens is 1. The number of aliphatic hydroxyl groups is 1. The first-order valence-electron chi connectivity index (χ1n) is 10.7. The fourth-order valence-corrected chi connectivity index (χ4v) is 4.31. The number of amides is 1. The van der Waals surface area contributed by atoms with Crippen LogP contribution in [-0.2, 0) is 19.2 Å². The molecule has 1 saturated heterocycles. The molecule has 8 nitrogen and oxygen atoms in total. The molecule has 1 amide bonds. The molecule has 3 heterocycles. The van der Waals surface area contributed by atoms with Crippen molar-refractivity contribution in [3.8, 4) is 0 Å². The summed E-state index contributed by atoms with van der Waals surface area (Å²) in [6.07, 6.45) is 1.79. The Morgan fingerprint density at radius 2 is 2.16 bits per heavy atom. The largest absolute Gasteiger partial charge is 0.431 e. The van der Waals surface area contributed by atoms with E-state index in [-0.39, 0.29) is 18.8 Å². The normalized spacial score (nSPS) is 28.2. The van der Waals surface area contributed by atoms with Gasteiger partial charge in [-0.2, -0.15) is 0 Å². The number of nitrogens with zero attached hydrogens (tertiary/aromatic N) is 2. The van der Waals surface area contributed by atoms with Gasteiger partial charge in [-0.15, -0.1) is 0 Å². The number of cyclic esters (lactones) is 1. The zero-order valence-electron chi connectivity index (χ0n) is 18.0. The van der Waals surface area contributed by atoms with Crippen molar-refractivity contribution >= 4 is 28.4 Å². The Bertz CT molecular complexity index is 1070. The van der Waals surface area contributed by atoms with Crippen LogP contribution in [0, 0.1) is 5.92 Å². The van der Waals surface area contributed by atoms with Crippen molar-refractivity contribution in [1.82, 2.24) is 10.3 Å². The fraction of sp³-hybridized carbons (Fsp3) is 0.478. The minimum atomic E-state index is -2.09. The predicted molar refractivity (Wildman–Crippen MR) is 114 cm³/mol. The molecule has 170 valence electrons. The van der Waals surface area contributed by atoms with Crippen LogP contribution in [0.2, 0.25) is 0 Å². The SMILES string of the molecule is CCC(C)[C@@]1(C(=O)N[C@@H]2CC(=O)O[C@@]2(O)CCF)CC(c2nccc3ccccc23)=NO1. The third kappa shape index (κ3) is 3.70. The molecule has 2 aromatic rings. The van der Waals surface area contributed by atoms with E-state index >= 15 is 0 Å². The summed E-state index contributed by atoms with van der Waals surface area (Å²) >= 11 is 0. The first kappa shape index (κ1) is 22.1.